The minimum atomic E-state index is 0.0583. The first-order chi connectivity index (χ1) is 16.3. The molecule has 1 aliphatic heterocycles. The molecule has 3 heterocycles. The minimum absolute atomic E-state index is 0.0583. The van der Waals surface area contributed by atoms with Crippen LogP contribution < -0.4 is 10.6 Å². The lowest BCUT2D eigenvalue weighted by molar-refractivity contribution is 0.314. The predicted molar refractivity (Wildman–Crippen MR) is 138 cm³/mol. The number of anilines is 1. The summed E-state index contributed by atoms with van der Waals surface area (Å²) in [6.07, 6.45) is 14.1. The van der Waals surface area contributed by atoms with Gasteiger partial charge in [-0.25, -0.2) is 0 Å². The van der Waals surface area contributed by atoms with Crippen molar-refractivity contribution in [1.82, 2.24) is 19.8 Å². The summed E-state index contributed by atoms with van der Waals surface area (Å²) < 4.78 is 2.44. The number of para-hydroxylation sites is 1. The van der Waals surface area contributed by atoms with E-state index in [1.807, 2.05) is 18.3 Å². The van der Waals surface area contributed by atoms with Gasteiger partial charge in [0.25, 0.3) is 0 Å². The van der Waals surface area contributed by atoms with Crippen LogP contribution in [0.2, 0.25) is 0 Å². The van der Waals surface area contributed by atoms with Gasteiger partial charge in [-0.2, -0.15) is 0 Å². The molecule has 1 saturated carbocycles. The molecular weight excluding hydrogens is 426 g/mol. The maximum Gasteiger partial charge on any atom is 0.170 e. The number of rotatable bonds is 8. The fraction of sp³-hybridized carbons (Fsp3) is 0.407. The van der Waals surface area contributed by atoms with Gasteiger partial charge in [0.15, 0.2) is 5.11 Å². The second-order valence-electron chi connectivity index (χ2n) is 9.15. The predicted octanol–water partition coefficient (Wildman–Crippen LogP) is 5.86. The van der Waals surface area contributed by atoms with E-state index in [0.29, 0.717) is 6.04 Å². The number of nitrogens with one attached hydrogen (secondary N) is 2. The van der Waals surface area contributed by atoms with Crippen molar-refractivity contribution in [2.75, 3.05) is 18.4 Å². The molecule has 0 amide bonds. The van der Waals surface area contributed by atoms with Gasteiger partial charge in [0.05, 0.1) is 17.8 Å². The lowest BCUT2D eigenvalue weighted by Gasteiger charge is -2.28. The topological polar surface area (TPSA) is 45.1 Å². The van der Waals surface area contributed by atoms with Crippen LogP contribution >= 0.6 is 12.2 Å². The molecule has 0 radical (unpaired) electrons. The minimum Gasteiger partial charge on any atom is -0.385 e. The van der Waals surface area contributed by atoms with Crippen molar-refractivity contribution in [3.8, 4) is 0 Å². The molecule has 1 saturated heterocycles. The Morgan fingerprint density at radius 3 is 2.61 bits per heavy atom. The Kier molecular flexibility index (Phi) is 6.91. The van der Waals surface area contributed by atoms with Crippen LogP contribution in [-0.4, -0.2) is 32.7 Å². The molecule has 2 N–H and O–H groups in total. The number of thiocarbonyl (C=S) groups is 1. The third-order valence-electron chi connectivity index (χ3n) is 6.95. The molecule has 1 aromatic carbocycles. The molecule has 0 bridgehead atoms. The van der Waals surface area contributed by atoms with Crippen molar-refractivity contribution in [3.63, 3.8) is 0 Å². The summed E-state index contributed by atoms with van der Waals surface area (Å²) in [5.74, 6) is 0. The number of benzene rings is 1. The molecule has 5 rings (SSSR count). The quantitative estimate of drug-likeness (QED) is 0.326. The highest BCUT2D eigenvalue weighted by Gasteiger charge is 2.39. The van der Waals surface area contributed by atoms with Crippen LogP contribution in [0.5, 0.6) is 0 Å². The number of aromatic nitrogens is 2. The molecule has 1 aliphatic carbocycles. The van der Waals surface area contributed by atoms with Crippen molar-refractivity contribution in [2.24, 2.45) is 0 Å². The number of hydrogen-bond donors (Lipinski definition) is 2. The molecule has 6 heteroatoms. The summed E-state index contributed by atoms with van der Waals surface area (Å²) in [4.78, 5) is 7.03. The molecule has 0 spiro atoms. The molecule has 2 fully saturated rings. The van der Waals surface area contributed by atoms with E-state index in [4.69, 9.17) is 12.2 Å². The van der Waals surface area contributed by atoms with Crippen LogP contribution in [0.25, 0.3) is 0 Å². The Morgan fingerprint density at radius 2 is 1.82 bits per heavy atom. The average molecular weight is 460 g/mol. The summed E-state index contributed by atoms with van der Waals surface area (Å²) in [5.41, 5.74) is 3.52. The van der Waals surface area contributed by atoms with Gasteiger partial charge >= 0.3 is 0 Å². The van der Waals surface area contributed by atoms with Crippen LogP contribution in [0.4, 0.5) is 5.69 Å². The number of hydrogen-bond acceptors (Lipinski definition) is 3. The van der Waals surface area contributed by atoms with Crippen LogP contribution in [0, 0.1) is 0 Å². The first kappa shape index (κ1) is 22.0. The van der Waals surface area contributed by atoms with Crippen molar-refractivity contribution < 1.29 is 0 Å². The molecule has 2 aliphatic rings. The first-order valence-electron chi connectivity index (χ1n) is 12.2. The molecule has 5 nitrogen and oxygen atoms in total. The fourth-order valence-electron chi connectivity index (χ4n) is 5.26. The highest BCUT2D eigenvalue weighted by Crippen LogP contribution is 2.39. The Morgan fingerprint density at radius 1 is 1.00 bits per heavy atom. The van der Waals surface area contributed by atoms with Crippen molar-refractivity contribution in [2.45, 2.75) is 56.7 Å². The Labute approximate surface area is 202 Å². The molecular formula is C27H33N5S. The zero-order valence-electron chi connectivity index (χ0n) is 19.1. The monoisotopic (exact) mass is 459 g/mol. The van der Waals surface area contributed by atoms with Gasteiger partial charge < -0.3 is 20.1 Å². The van der Waals surface area contributed by atoms with E-state index in [1.165, 1.54) is 37.7 Å². The number of pyridine rings is 1. The fourth-order valence-corrected chi connectivity index (χ4v) is 5.59. The SMILES string of the molecule is S=C1NC(c2ccccn2)C(c2ccn(C3CCCCC3)c2)N1CCCNc1ccccc1. The van der Waals surface area contributed by atoms with Gasteiger partial charge in [-0.15, -0.1) is 0 Å². The van der Waals surface area contributed by atoms with Crippen LogP contribution in [0.3, 0.4) is 0 Å². The molecule has 172 valence electrons. The highest BCUT2D eigenvalue weighted by atomic mass is 32.1. The second-order valence-corrected chi connectivity index (χ2v) is 9.54. The third kappa shape index (κ3) is 5.06. The van der Waals surface area contributed by atoms with E-state index in [1.54, 1.807) is 0 Å². The van der Waals surface area contributed by atoms with Crippen molar-refractivity contribution in [1.29, 1.82) is 0 Å². The van der Waals surface area contributed by atoms with Gasteiger partial charge in [-0.1, -0.05) is 43.5 Å². The summed E-state index contributed by atoms with van der Waals surface area (Å²) in [7, 11) is 0. The Bertz CT molecular complexity index is 1030. The third-order valence-corrected chi connectivity index (χ3v) is 7.30. The summed E-state index contributed by atoms with van der Waals surface area (Å²) in [6, 6.07) is 19.6. The van der Waals surface area contributed by atoms with Gasteiger partial charge in [-0.05, 0) is 67.4 Å². The maximum atomic E-state index is 5.83. The molecule has 3 aromatic rings. The van der Waals surface area contributed by atoms with E-state index >= 15 is 0 Å². The molecule has 33 heavy (non-hydrogen) atoms. The average Bonchev–Trinajstić information content (AvgIpc) is 3.48. The van der Waals surface area contributed by atoms with Crippen LogP contribution in [0.15, 0.2) is 73.2 Å². The zero-order chi connectivity index (χ0) is 22.5. The summed E-state index contributed by atoms with van der Waals surface area (Å²) in [5, 5.41) is 7.92. The molecule has 2 atom stereocenters. The van der Waals surface area contributed by atoms with Gasteiger partial charge in [0.1, 0.15) is 0 Å². The smallest absolute Gasteiger partial charge is 0.170 e. The van der Waals surface area contributed by atoms with E-state index in [0.717, 1.165) is 36.0 Å². The van der Waals surface area contributed by atoms with Gasteiger partial charge in [-0.3, -0.25) is 4.98 Å². The Hall–Kier alpha value is -2.86. The van der Waals surface area contributed by atoms with E-state index in [2.05, 4.69) is 79.9 Å². The van der Waals surface area contributed by atoms with E-state index in [9.17, 15) is 0 Å². The lowest BCUT2D eigenvalue weighted by Crippen LogP contribution is -2.31. The van der Waals surface area contributed by atoms with Crippen molar-refractivity contribution >= 4 is 23.0 Å². The van der Waals surface area contributed by atoms with Gasteiger partial charge in [0, 0.05) is 43.4 Å². The molecule has 2 unspecified atom stereocenters. The maximum absolute atomic E-state index is 5.83. The number of nitrogens with zero attached hydrogens (tertiary/aromatic N) is 3. The summed E-state index contributed by atoms with van der Waals surface area (Å²) in [6.45, 7) is 1.81. The lowest BCUT2D eigenvalue weighted by atomic mass is 9.95. The standard InChI is InChI=1S/C27H33N5S/c33-27-30-25(24-14-7-8-16-29-24)26(21-15-19-31(20-21)23-12-5-2-6-13-23)32(27)18-9-17-28-22-10-3-1-4-11-22/h1,3-4,7-8,10-11,14-16,19-20,23,25-26,28H,2,5-6,9,12-13,17-18H2,(H,30,33). The summed E-state index contributed by atoms with van der Waals surface area (Å²) >= 11 is 5.83. The van der Waals surface area contributed by atoms with Gasteiger partial charge in [0.2, 0.25) is 0 Å². The van der Waals surface area contributed by atoms with Crippen LogP contribution in [0.1, 0.15) is 67.9 Å². The largest absolute Gasteiger partial charge is 0.385 e. The van der Waals surface area contributed by atoms with E-state index < -0.39 is 0 Å². The first-order valence-corrected chi connectivity index (χ1v) is 12.6. The highest BCUT2D eigenvalue weighted by molar-refractivity contribution is 7.80. The Balaban J connectivity index is 1.33. The zero-order valence-corrected chi connectivity index (χ0v) is 19.9. The second kappa shape index (κ2) is 10.4. The van der Waals surface area contributed by atoms with E-state index in [-0.39, 0.29) is 12.1 Å². The molecule has 2 aromatic heterocycles. The van der Waals surface area contributed by atoms with Crippen molar-refractivity contribution in [3.05, 3.63) is 84.4 Å². The van der Waals surface area contributed by atoms with Crippen LogP contribution in [-0.2, 0) is 0 Å². The normalized spacial score (nSPS) is 21.2.